The van der Waals surface area contributed by atoms with E-state index in [2.05, 4.69) is 22.2 Å². The van der Waals surface area contributed by atoms with Crippen LogP contribution in [-0.2, 0) is 6.54 Å². The number of carbonyl (C=O) groups is 1. The highest BCUT2D eigenvalue weighted by Gasteiger charge is 2.20. The number of rotatable bonds is 6. The van der Waals surface area contributed by atoms with E-state index in [-0.39, 0.29) is 17.7 Å². The third-order valence-electron chi connectivity index (χ3n) is 3.92. The predicted octanol–water partition coefficient (Wildman–Crippen LogP) is 3.95. The Kier molecular flexibility index (Phi) is 6.55. The molecule has 2 amide bonds. The normalized spacial score (nSPS) is 12.3. The highest BCUT2D eigenvalue weighted by atomic mass is 16.5. The Morgan fingerprint density at radius 2 is 1.92 bits per heavy atom. The Hall–Kier alpha value is -2.63. The summed E-state index contributed by atoms with van der Waals surface area (Å²) in [4.78, 5) is 22.5. The Bertz CT molecular complexity index is 696. The second-order valence-electron chi connectivity index (χ2n) is 7.19. The maximum Gasteiger partial charge on any atom is 0.317 e. The highest BCUT2D eigenvalue weighted by Crippen LogP contribution is 2.22. The van der Waals surface area contributed by atoms with Gasteiger partial charge < -0.3 is 15.0 Å². The molecular formula is C20H28N4O2. The van der Waals surface area contributed by atoms with Gasteiger partial charge in [-0.3, -0.25) is 4.98 Å². The molecule has 0 aliphatic rings. The first kappa shape index (κ1) is 19.7. The molecule has 140 valence electrons. The molecule has 0 spiro atoms. The van der Waals surface area contributed by atoms with E-state index in [0.29, 0.717) is 12.4 Å². The van der Waals surface area contributed by atoms with Crippen molar-refractivity contribution in [3.8, 4) is 5.88 Å². The maximum atomic E-state index is 12.5. The first-order valence-corrected chi connectivity index (χ1v) is 8.84. The molecule has 0 saturated heterocycles. The second kappa shape index (κ2) is 8.65. The average molecular weight is 356 g/mol. The lowest BCUT2D eigenvalue weighted by atomic mass is 10.1. The van der Waals surface area contributed by atoms with E-state index in [1.807, 2.05) is 52.1 Å². The van der Waals surface area contributed by atoms with Crippen molar-refractivity contribution < 1.29 is 9.53 Å². The zero-order valence-corrected chi connectivity index (χ0v) is 16.2. The van der Waals surface area contributed by atoms with Crippen LogP contribution in [0.4, 0.5) is 4.79 Å². The number of urea groups is 1. The van der Waals surface area contributed by atoms with Crippen molar-refractivity contribution in [2.75, 3.05) is 7.05 Å². The monoisotopic (exact) mass is 356 g/mol. The summed E-state index contributed by atoms with van der Waals surface area (Å²) in [6.07, 6.45) is 6.04. The molecule has 2 heterocycles. The fourth-order valence-corrected chi connectivity index (χ4v) is 2.65. The van der Waals surface area contributed by atoms with Gasteiger partial charge in [0.2, 0.25) is 5.88 Å². The molecule has 0 aromatic carbocycles. The average Bonchev–Trinajstić information content (AvgIpc) is 2.61. The van der Waals surface area contributed by atoms with Crippen LogP contribution >= 0.6 is 0 Å². The zero-order chi connectivity index (χ0) is 19.2. The van der Waals surface area contributed by atoms with Crippen molar-refractivity contribution in [2.24, 2.45) is 0 Å². The van der Waals surface area contributed by atoms with Crippen LogP contribution in [-0.4, -0.2) is 33.5 Å². The van der Waals surface area contributed by atoms with E-state index in [0.717, 1.165) is 17.5 Å². The van der Waals surface area contributed by atoms with Gasteiger partial charge in [0.25, 0.3) is 0 Å². The second-order valence-corrected chi connectivity index (χ2v) is 7.19. The molecule has 0 unspecified atom stereocenters. The van der Waals surface area contributed by atoms with Gasteiger partial charge in [-0.2, -0.15) is 0 Å². The van der Waals surface area contributed by atoms with Crippen LogP contribution in [0.5, 0.6) is 5.88 Å². The summed E-state index contributed by atoms with van der Waals surface area (Å²) in [6, 6.07) is 7.50. The first-order chi connectivity index (χ1) is 12.3. The molecule has 1 N–H and O–H groups in total. The minimum atomic E-state index is -0.284. The smallest absolute Gasteiger partial charge is 0.317 e. The van der Waals surface area contributed by atoms with Crippen molar-refractivity contribution in [3.05, 3.63) is 54.0 Å². The highest BCUT2D eigenvalue weighted by molar-refractivity contribution is 5.74. The molecule has 26 heavy (non-hydrogen) atoms. The molecule has 0 bridgehead atoms. The van der Waals surface area contributed by atoms with Crippen molar-refractivity contribution >= 4 is 6.03 Å². The van der Waals surface area contributed by atoms with Gasteiger partial charge in [0.05, 0.1) is 6.04 Å². The number of hydrogen-bond donors (Lipinski definition) is 1. The van der Waals surface area contributed by atoms with Gasteiger partial charge in [-0.1, -0.05) is 13.0 Å². The van der Waals surface area contributed by atoms with Crippen molar-refractivity contribution in [3.63, 3.8) is 0 Å². The number of aromatic nitrogens is 2. The van der Waals surface area contributed by atoms with Gasteiger partial charge in [-0.15, -0.1) is 0 Å². The van der Waals surface area contributed by atoms with Crippen LogP contribution in [0.25, 0.3) is 0 Å². The number of hydrogen-bond acceptors (Lipinski definition) is 4. The van der Waals surface area contributed by atoms with Crippen LogP contribution in [0, 0.1) is 0 Å². The van der Waals surface area contributed by atoms with Crippen LogP contribution in [0.3, 0.4) is 0 Å². The molecule has 1 atom stereocenters. The molecule has 0 aliphatic carbocycles. The third kappa shape index (κ3) is 5.72. The SMILES string of the molecule is CC[C@@H](c1ccncc1)N(C)C(=O)NCc1ccc(OC(C)(C)C)nc1. The Morgan fingerprint density at radius 3 is 2.46 bits per heavy atom. The van der Waals surface area contributed by atoms with E-state index in [4.69, 9.17) is 4.74 Å². The summed E-state index contributed by atoms with van der Waals surface area (Å²) in [5.41, 5.74) is 1.71. The van der Waals surface area contributed by atoms with E-state index < -0.39 is 0 Å². The fourth-order valence-electron chi connectivity index (χ4n) is 2.65. The summed E-state index contributed by atoms with van der Waals surface area (Å²) in [7, 11) is 1.81. The lowest BCUT2D eigenvalue weighted by Gasteiger charge is -2.27. The quantitative estimate of drug-likeness (QED) is 0.851. The Morgan fingerprint density at radius 1 is 1.23 bits per heavy atom. The van der Waals surface area contributed by atoms with Crippen LogP contribution < -0.4 is 10.1 Å². The van der Waals surface area contributed by atoms with Gasteiger partial charge in [0.15, 0.2) is 0 Å². The Balaban J connectivity index is 1.93. The lowest BCUT2D eigenvalue weighted by Crippen LogP contribution is -2.39. The zero-order valence-electron chi connectivity index (χ0n) is 16.2. The number of amides is 2. The molecule has 0 aliphatic heterocycles. The molecular weight excluding hydrogens is 328 g/mol. The number of nitrogens with zero attached hydrogens (tertiary/aromatic N) is 3. The summed E-state index contributed by atoms with van der Waals surface area (Å²) >= 11 is 0. The maximum absolute atomic E-state index is 12.5. The number of ether oxygens (including phenoxy) is 1. The largest absolute Gasteiger partial charge is 0.472 e. The molecule has 0 saturated carbocycles. The van der Waals surface area contributed by atoms with Crippen LogP contribution in [0.1, 0.15) is 51.3 Å². The van der Waals surface area contributed by atoms with Crippen molar-refractivity contribution in [1.29, 1.82) is 0 Å². The summed E-state index contributed by atoms with van der Waals surface area (Å²) in [5, 5.41) is 2.94. The molecule has 6 heteroatoms. The molecule has 2 rings (SSSR count). The first-order valence-electron chi connectivity index (χ1n) is 8.84. The van der Waals surface area contributed by atoms with Gasteiger partial charge in [0, 0.05) is 38.2 Å². The van der Waals surface area contributed by atoms with Gasteiger partial charge in [-0.25, -0.2) is 9.78 Å². The molecule has 2 aromatic heterocycles. The Labute approximate surface area is 155 Å². The summed E-state index contributed by atoms with van der Waals surface area (Å²) < 4.78 is 5.70. The van der Waals surface area contributed by atoms with Gasteiger partial charge in [-0.05, 0) is 50.5 Å². The minimum Gasteiger partial charge on any atom is -0.472 e. The molecule has 0 radical (unpaired) electrons. The van der Waals surface area contributed by atoms with Crippen molar-refractivity contribution in [1.82, 2.24) is 20.2 Å². The summed E-state index contributed by atoms with van der Waals surface area (Å²) in [5.74, 6) is 0.577. The molecule has 6 nitrogen and oxygen atoms in total. The van der Waals surface area contributed by atoms with Gasteiger partial charge >= 0.3 is 6.03 Å². The number of carbonyl (C=O) groups excluding carboxylic acids is 1. The fraction of sp³-hybridized carbons (Fsp3) is 0.450. The standard InChI is InChI=1S/C20H28N4O2/c1-6-17(16-9-11-21-12-10-16)24(5)19(25)23-14-15-7-8-18(22-13-15)26-20(2,3)4/h7-13,17H,6,14H2,1-5H3,(H,23,25)/t17-/m0/s1. The van der Waals surface area contributed by atoms with Crippen LogP contribution in [0.15, 0.2) is 42.9 Å². The van der Waals surface area contributed by atoms with E-state index in [1.54, 1.807) is 23.5 Å². The minimum absolute atomic E-state index is 0.0127. The molecule has 0 fully saturated rings. The van der Waals surface area contributed by atoms with E-state index in [9.17, 15) is 4.79 Å². The predicted molar refractivity (Wildman–Crippen MR) is 102 cm³/mol. The van der Waals surface area contributed by atoms with E-state index >= 15 is 0 Å². The van der Waals surface area contributed by atoms with Crippen molar-refractivity contribution in [2.45, 2.75) is 52.3 Å². The van der Waals surface area contributed by atoms with Gasteiger partial charge in [0.1, 0.15) is 5.60 Å². The number of nitrogens with one attached hydrogen (secondary N) is 1. The number of pyridine rings is 2. The lowest BCUT2D eigenvalue weighted by molar-refractivity contribution is 0.124. The topological polar surface area (TPSA) is 67.4 Å². The third-order valence-corrected chi connectivity index (χ3v) is 3.92. The van der Waals surface area contributed by atoms with Crippen LogP contribution in [0.2, 0.25) is 0 Å². The van der Waals surface area contributed by atoms with E-state index in [1.165, 1.54) is 0 Å². The summed E-state index contributed by atoms with van der Waals surface area (Å²) in [6.45, 7) is 8.41. The molecule has 2 aromatic rings.